The Hall–Kier alpha value is -1.56. The van der Waals surface area contributed by atoms with Gasteiger partial charge in [-0.05, 0) is 24.6 Å². The zero-order valence-corrected chi connectivity index (χ0v) is 10.4. The van der Waals surface area contributed by atoms with Gasteiger partial charge in [0.2, 0.25) is 5.95 Å². The summed E-state index contributed by atoms with van der Waals surface area (Å²) in [5, 5.41) is 2.48. The second-order valence-electron chi connectivity index (χ2n) is 3.32. The normalized spacial score (nSPS) is 10.4. The number of aromatic amines is 1. The van der Waals surface area contributed by atoms with Crippen molar-refractivity contribution in [3.8, 4) is 0 Å². The lowest BCUT2D eigenvalue weighted by molar-refractivity contribution is 0.186. The molecule has 1 heterocycles. The zero-order valence-electron chi connectivity index (χ0n) is 8.80. The van der Waals surface area contributed by atoms with E-state index in [1.54, 1.807) is 0 Å². The maximum atomic E-state index is 11.0. The first-order valence-electron chi connectivity index (χ1n) is 4.61. The first-order valence-corrected chi connectivity index (χ1v) is 5.40. The largest absolute Gasteiger partial charge is 0.453 e. The molecule has 0 atom stereocenters. The maximum absolute atomic E-state index is 11.0. The number of carbonyl (C=O) groups is 1. The molecule has 0 aliphatic rings. The molecule has 1 amide bonds. The molecule has 0 unspecified atom stereocenters. The van der Waals surface area contributed by atoms with Crippen LogP contribution < -0.4 is 5.32 Å². The summed E-state index contributed by atoms with van der Waals surface area (Å²) >= 11 is 3.42. The first-order chi connectivity index (χ1) is 7.60. The number of carbonyl (C=O) groups excluding carboxylic acids is 1. The van der Waals surface area contributed by atoms with Gasteiger partial charge in [0, 0.05) is 4.47 Å². The van der Waals surface area contributed by atoms with Gasteiger partial charge in [-0.1, -0.05) is 15.9 Å². The summed E-state index contributed by atoms with van der Waals surface area (Å²) in [7, 11) is 1.30. The van der Waals surface area contributed by atoms with Crippen molar-refractivity contribution in [2.24, 2.45) is 0 Å². The van der Waals surface area contributed by atoms with Crippen LogP contribution in [-0.2, 0) is 4.74 Å². The Labute approximate surface area is 100 Å². The van der Waals surface area contributed by atoms with E-state index in [0.29, 0.717) is 5.95 Å². The molecule has 0 radical (unpaired) electrons. The second kappa shape index (κ2) is 4.13. The predicted octanol–water partition coefficient (Wildman–Crippen LogP) is 2.81. The molecule has 1 aromatic carbocycles. The van der Waals surface area contributed by atoms with Crippen molar-refractivity contribution < 1.29 is 9.53 Å². The molecule has 0 fully saturated rings. The highest BCUT2D eigenvalue weighted by molar-refractivity contribution is 9.10. The Morgan fingerprint density at radius 3 is 3.00 bits per heavy atom. The monoisotopic (exact) mass is 283 g/mol. The smallest absolute Gasteiger partial charge is 0.413 e. The van der Waals surface area contributed by atoms with Crippen LogP contribution in [0.5, 0.6) is 0 Å². The van der Waals surface area contributed by atoms with Gasteiger partial charge < -0.3 is 9.72 Å². The standard InChI is InChI=1S/C10H10BrN3O2/c1-5-3-7-8(4-6(5)11)13-9(12-7)14-10(15)16-2/h3-4H,1-2H3,(H2,12,13,14,15). The van der Waals surface area contributed by atoms with Crippen LogP contribution in [0.25, 0.3) is 11.0 Å². The number of rotatable bonds is 1. The number of hydrogen-bond acceptors (Lipinski definition) is 3. The number of hydrogen-bond donors (Lipinski definition) is 2. The van der Waals surface area contributed by atoms with Crippen LogP contribution in [0.1, 0.15) is 5.56 Å². The average molecular weight is 284 g/mol. The van der Waals surface area contributed by atoms with Gasteiger partial charge in [0.05, 0.1) is 18.1 Å². The molecule has 2 aromatic rings. The van der Waals surface area contributed by atoms with Gasteiger partial charge in [-0.2, -0.15) is 0 Å². The number of nitrogens with zero attached hydrogens (tertiary/aromatic N) is 1. The minimum absolute atomic E-state index is 0.374. The van der Waals surface area contributed by atoms with E-state index in [1.165, 1.54) is 7.11 Å². The van der Waals surface area contributed by atoms with E-state index in [0.717, 1.165) is 21.1 Å². The van der Waals surface area contributed by atoms with Crippen molar-refractivity contribution >= 4 is 39.0 Å². The van der Waals surface area contributed by atoms with Gasteiger partial charge in [-0.25, -0.2) is 9.78 Å². The summed E-state index contributed by atoms with van der Waals surface area (Å²) in [6.07, 6.45) is -0.546. The number of methoxy groups -OCH3 is 1. The Bertz CT molecular complexity index is 511. The van der Waals surface area contributed by atoms with Crippen LogP contribution in [0, 0.1) is 6.92 Å². The molecule has 0 bridgehead atoms. The molecular formula is C10H10BrN3O2. The van der Waals surface area contributed by atoms with Gasteiger partial charge in [0.1, 0.15) is 0 Å². The number of benzene rings is 1. The van der Waals surface area contributed by atoms with Crippen molar-refractivity contribution in [1.29, 1.82) is 0 Å². The van der Waals surface area contributed by atoms with E-state index < -0.39 is 6.09 Å². The van der Waals surface area contributed by atoms with Crippen LogP contribution in [0.3, 0.4) is 0 Å². The predicted molar refractivity (Wildman–Crippen MR) is 64.6 cm³/mol. The number of anilines is 1. The highest BCUT2D eigenvalue weighted by atomic mass is 79.9. The fourth-order valence-electron chi connectivity index (χ4n) is 1.35. The Balaban J connectivity index is 2.40. The van der Waals surface area contributed by atoms with E-state index in [4.69, 9.17) is 0 Å². The Morgan fingerprint density at radius 2 is 2.31 bits per heavy atom. The van der Waals surface area contributed by atoms with E-state index in [2.05, 4.69) is 36.0 Å². The molecule has 0 aliphatic heterocycles. The number of halogens is 1. The molecule has 1 aromatic heterocycles. The SMILES string of the molecule is COC(=O)Nc1nc2cc(Br)c(C)cc2[nH]1. The summed E-state index contributed by atoms with van der Waals surface area (Å²) in [5.74, 6) is 0.374. The lowest BCUT2D eigenvalue weighted by Gasteiger charge is -1.97. The molecule has 0 aliphatic carbocycles. The van der Waals surface area contributed by atoms with Gasteiger partial charge in [-0.3, -0.25) is 5.32 Å². The zero-order chi connectivity index (χ0) is 11.7. The van der Waals surface area contributed by atoms with Crippen molar-refractivity contribution in [3.63, 3.8) is 0 Å². The number of ether oxygens (including phenoxy) is 1. The molecule has 0 saturated carbocycles. The number of nitrogens with one attached hydrogen (secondary N) is 2. The summed E-state index contributed by atoms with van der Waals surface area (Å²) < 4.78 is 5.46. The number of fused-ring (bicyclic) bond motifs is 1. The minimum Gasteiger partial charge on any atom is -0.453 e. The number of aryl methyl sites for hydroxylation is 1. The molecule has 2 N–H and O–H groups in total. The summed E-state index contributed by atoms with van der Waals surface area (Å²) in [5.41, 5.74) is 2.75. The van der Waals surface area contributed by atoms with Crippen molar-refractivity contribution in [2.75, 3.05) is 12.4 Å². The third kappa shape index (κ3) is 2.01. The molecule has 5 nitrogen and oxygen atoms in total. The van der Waals surface area contributed by atoms with Gasteiger partial charge >= 0.3 is 6.09 Å². The Kier molecular flexibility index (Phi) is 2.82. The van der Waals surface area contributed by atoms with Crippen LogP contribution in [0.4, 0.5) is 10.7 Å². The lowest BCUT2D eigenvalue weighted by Crippen LogP contribution is -2.11. The summed E-state index contributed by atoms with van der Waals surface area (Å²) in [6.45, 7) is 1.98. The van der Waals surface area contributed by atoms with Gasteiger partial charge in [-0.15, -0.1) is 0 Å². The van der Waals surface area contributed by atoms with E-state index in [-0.39, 0.29) is 0 Å². The number of aromatic nitrogens is 2. The third-order valence-electron chi connectivity index (χ3n) is 2.17. The van der Waals surface area contributed by atoms with Gasteiger partial charge in [0.15, 0.2) is 0 Å². The maximum Gasteiger partial charge on any atom is 0.413 e. The number of amides is 1. The number of imidazole rings is 1. The van der Waals surface area contributed by atoms with Crippen molar-refractivity contribution in [3.05, 3.63) is 22.2 Å². The quantitative estimate of drug-likeness (QED) is 0.846. The van der Waals surface area contributed by atoms with Crippen molar-refractivity contribution in [2.45, 2.75) is 6.92 Å². The fourth-order valence-corrected chi connectivity index (χ4v) is 1.68. The lowest BCUT2D eigenvalue weighted by atomic mass is 10.2. The third-order valence-corrected chi connectivity index (χ3v) is 3.02. The highest BCUT2D eigenvalue weighted by Gasteiger charge is 2.07. The minimum atomic E-state index is -0.546. The highest BCUT2D eigenvalue weighted by Crippen LogP contribution is 2.23. The summed E-state index contributed by atoms with van der Waals surface area (Å²) in [4.78, 5) is 18.2. The average Bonchev–Trinajstić information content (AvgIpc) is 2.60. The van der Waals surface area contributed by atoms with Crippen LogP contribution in [0.2, 0.25) is 0 Å². The van der Waals surface area contributed by atoms with E-state index in [1.807, 2.05) is 19.1 Å². The van der Waals surface area contributed by atoms with E-state index in [9.17, 15) is 4.79 Å². The molecular weight excluding hydrogens is 274 g/mol. The molecule has 6 heteroatoms. The second-order valence-corrected chi connectivity index (χ2v) is 4.17. The van der Waals surface area contributed by atoms with Crippen LogP contribution >= 0.6 is 15.9 Å². The topological polar surface area (TPSA) is 67.0 Å². The van der Waals surface area contributed by atoms with Gasteiger partial charge in [0.25, 0.3) is 0 Å². The van der Waals surface area contributed by atoms with Crippen LogP contribution in [0.15, 0.2) is 16.6 Å². The molecule has 0 spiro atoms. The fraction of sp³-hybridized carbons (Fsp3) is 0.200. The molecule has 16 heavy (non-hydrogen) atoms. The molecule has 84 valence electrons. The van der Waals surface area contributed by atoms with E-state index >= 15 is 0 Å². The van der Waals surface area contributed by atoms with Crippen LogP contribution in [-0.4, -0.2) is 23.2 Å². The van der Waals surface area contributed by atoms with Crippen molar-refractivity contribution in [1.82, 2.24) is 9.97 Å². The number of H-pyrrole nitrogens is 1. The Morgan fingerprint density at radius 1 is 1.56 bits per heavy atom. The molecule has 0 saturated heterocycles. The molecule has 2 rings (SSSR count). The first kappa shape index (κ1) is 10.9. The summed E-state index contributed by atoms with van der Waals surface area (Å²) in [6, 6.07) is 3.85.